The van der Waals surface area contributed by atoms with Crippen molar-refractivity contribution in [1.82, 2.24) is 19.7 Å². The molecule has 0 aliphatic rings. The second-order valence-electron chi connectivity index (χ2n) is 3.77. The maximum atomic E-state index is 11.4. The van der Waals surface area contributed by atoms with Crippen LogP contribution in [-0.2, 0) is 16.1 Å². The van der Waals surface area contributed by atoms with E-state index < -0.39 is 0 Å². The van der Waals surface area contributed by atoms with Crippen molar-refractivity contribution in [2.45, 2.75) is 19.9 Å². The Bertz CT molecular complexity index is 606. The molecule has 0 saturated carbocycles. The standard InChI is InChI=1S/C12H14N4O2S/c1-2-18-10(17)6-8-16-11(14-15-12(16)19)9-5-3-4-7-13-9/h3-5,7H,2,6,8H2,1H3,(H,15,19). The van der Waals surface area contributed by atoms with Crippen molar-refractivity contribution in [3.8, 4) is 11.5 Å². The van der Waals surface area contributed by atoms with E-state index in [1.165, 1.54) is 0 Å². The van der Waals surface area contributed by atoms with Gasteiger partial charge in [-0.3, -0.25) is 19.4 Å². The van der Waals surface area contributed by atoms with Gasteiger partial charge in [-0.05, 0) is 31.3 Å². The Hall–Kier alpha value is -2.02. The number of carbonyl (C=O) groups is 1. The van der Waals surface area contributed by atoms with E-state index in [0.717, 1.165) is 0 Å². The Morgan fingerprint density at radius 2 is 2.37 bits per heavy atom. The summed E-state index contributed by atoms with van der Waals surface area (Å²) in [5, 5.41) is 6.86. The highest BCUT2D eigenvalue weighted by atomic mass is 32.1. The van der Waals surface area contributed by atoms with Gasteiger partial charge in [-0.2, -0.15) is 5.10 Å². The number of carbonyl (C=O) groups excluding carboxylic acids is 1. The summed E-state index contributed by atoms with van der Waals surface area (Å²) < 4.78 is 7.10. The van der Waals surface area contributed by atoms with E-state index in [-0.39, 0.29) is 12.4 Å². The highest BCUT2D eigenvalue weighted by molar-refractivity contribution is 7.71. The lowest BCUT2D eigenvalue weighted by molar-refractivity contribution is -0.143. The number of pyridine rings is 1. The number of hydrogen-bond acceptors (Lipinski definition) is 5. The zero-order chi connectivity index (χ0) is 13.7. The van der Waals surface area contributed by atoms with Crippen LogP contribution in [0.1, 0.15) is 13.3 Å². The van der Waals surface area contributed by atoms with Gasteiger partial charge in [-0.25, -0.2) is 0 Å². The van der Waals surface area contributed by atoms with Crippen molar-refractivity contribution in [2.24, 2.45) is 0 Å². The Balaban J connectivity index is 2.19. The van der Waals surface area contributed by atoms with Gasteiger partial charge >= 0.3 is 5.97 Å². The molecule has 0 spiro atoms. The third-order valence-corrected chi connectivity index (χ3v) is 2.81. The van der Waals surface area contributed by atoms with Crippen molar-refractivity contribution < 1.29 is 9.53 Å². The first-order valence-corrected chi connectivity index (χ1v) is 6.35. The molecule has 0 aliphatic carbocycles. The summed E-state index contributed by atoms with van der Waals surface area (Å²) in [5.41, 5.74) is 0.707. The summed E-state index contributed by atoms with van der Waals surface area (Å²) in [5.74, 6) is 0.368. The SMILES string of the molecule is CCOC(=O)CCn1c(-c2ccccn2)n[nH]c1=S. The summed E-state index contributed by atoms with van der Waals surface area (Å²) in [4.78, 5) is 15.6. The first-order chi connectivity index (χ1) is 9.22. The fraction of sp³-hybridized carbons (Fsp3) is 0.333. The van der Waals surface area contributed by atoms with Crippen LogP contribution < -0.4 is 0 Å². The molecule has 1 N–H and O–H groups in total. The third-order valence-electron chi connectivity index (χ3n) is 2.50. The molecule has 0 amide bonds. The van der Waals surface area contributed by atoms with E-state index in [4.69, 9.17) is 17.0 Å². The average Bonchev–Trinajstić information content (AvgIpc) is 2.79. The number of H-pyrrole nitrogens is 1. The average molecular weight is 278 g/mol. The molecule has 7 heteroatoms. The van der Waals surface area contributed by atoms with Gasteiger partial charge in [0.25, 0.3) is 0 Å². The zero-order valence-electron chi connectivity index (χ0n) is 10.5. The number of aromatic amines is 1. The molecule has 0 saturated heterocycles. The van der Waals surface area contributed by atoms with Crippen LogP contribution in [0.2, 0.25) is 0 Å². The maximum Gasteiger partial charge on any atom is 0.307 e. The molecular formula is C12H14N4O2S. The molecule has 0 aliphatic heterocycles. The van der Waals surface area contributed by atoms with Crippen molar-refractivity contribution in [1.29, 1.82) is 0 Å². The lowest BCUT2D eigenvalue weighted by Crippen LogP contribution is -2.10. The minimum atomic E-state index is -0.252. The quantitative estimate of drug-likeness (QED) is 0.668. The molecule has 19 heavy (non-hydrogen) atoms. The lowest BCUT2D eigenvalue weighted by Gasteiger charge is -2.06. The Labute approximate surface area is 115 Å². The molecule has 100 valence electrons. The van der Waals surface area contributed by atoms with Crippen LogP contribution in [-0.4, -0.2) is 32.3 Å². The smallest absolute Gasteiger partial charge is 0.307 e. The molecule has 2 aromatic rings. The first kappa shape index (κ1) is 13.4. The molecule has 0 atom stereocenters. The van der Waals surface area contributed by atoms with Crippen LogP contribution in [0.3, 0.4) is 0 Å². The van der Waals surface area contributed by atoms with E-state index in [1.807, 2.05) is 18.2 Å². The topological polar surface area (TPSA) is 72.8 Å². The van der Waals surface area contributed by atoms with Gasteiger partial charge in [0, 0.05) is 12.7 Å². The number of nitrogens with zero attached hydrogens (tertiary/aromatic N) is 3. The van der Waals surface area contributed by atoms with Crippen LogP contribution in [0.25, 0.3) is 11.5 Å². The molecule has 0 aromatic carbocycles. The van der Waals surface area contributed by atoms with Crippen LogP contribution in [0, 0.1) is 4.77 Å². The summed E-state index contributed by atoms with van der Waals surface area (Å²) in [7, 11) is 0. The summed E-state index contributed by atoms with van der Waals surface area (Å²) in [6.07, 6.45) is 1.93. The summed E-state index contributed by atoms with van der Waals surface area (Å²) in [6, 6.07) is 5.54. The van der Waals surface area contributed by atoms with E-state index in [9.17, 15) is 4.79 Å². The Morgan fingerprint density at radius 3 is 3.05 bits per heavy atom. The molecular weight excluding hydrogens is 264 g/mol. The van der Waals surface area contributed by atoms with Crippen molar-refractivity contribution in [3.05, 3.63) is 29.2 Å². The summed E-state index contributed by atoms with van der Waals surface area (Å²) >= 11 is 5.15. The largest absolute Gasteiger partial charge is 0.466 e. The van der Waals surface area contributed by atoms with Gasteiger partial charge in [0.15, 0.2) is 10.6 Å². The third kappa shape index (κ3) is 3.25. The fourth-order valence-electron chi connectivity index (χ4n) is 1.65. The molecule has 0 bridgehead atoms. The number of aromatic nitrogens is 4. The van der Waals surface area contributed by atoms with Gasteiger partial charge in [-0.1, -0.05) is 6.07 Å². The second-order valence-corrected chi connectivity index (χ2v) is 4.16. The van der Waals surface area contributed by atoms with E-state index in [0.29, 0.717) is 29.4 Å². The minimum Gasteiger partial charge on any atom is -0.466 e. The molecule has 2 aromatic heterocycles. The van der Waals surface area contributed by atoms with Crippen LogP contribution in [0.5, 0.6) is 0 Å². The van der Waals surface area contributed by atoms with Gasteiger partial charge in [0.1, 0.15) is 5.69 Å². The highest BCUT2D eigenvalue weighted by Gasteiger charge is 2.11. The normalized spacial score (nSPS) is 10.4. The number of ether oxygens (including phenoxy) is 1. The maximum absolute atomic E-state index is 11.4. The molecule has 6 nitrogen and oxygen atoms in total. The second kappa shape index (κ2) is 6.24. The number of rotatable bonds is 5. The van der Waals surface area contributed by atoms with Crippen LogP contribution >= 0.6 is 12.2 Å². The molecule has 0 fully saturated rings. The number of esters is 1. The van der Waals surface area contributed by atoms with E-state index in [2.05, 4.69) is 15.2 Å². The van der Waals surface area contributed by atoms with E-state index >= 15 is 0 Å². The van der Waals surface area contributed by atoms with Gasteiger partial charge < -0.3 is 4.74 Å². The van der Waals surface area contributed by atoms with Crippen LogP contribution in [0.15, 0.2) is 24.4 Å². The Kier molecular flexibility index (Phi) is 4.40. The number of hydrogen-bond donors (Lipinski definition) is 1. The van der Waals surface area contributed by atoms with Gasteiger partial charge in [0.2, 0.25) is 0 Å². The van der Waals surface area contributed by atoms with Crippen LogP contribution in [0.4, 0.5) is 0 Å². The molecule has 2 heterocycles. The molecule has 0 radical (unpaired) electrons. The van der Waals surface area contributed by atoms with Crippen molar-refractivity contribution in [3.63, 3.8) is 0 Å². The minimum absolute atomic E-state index is 0.252. The highest BCUT2D eigenvalue weighted by Crippen LogP contribution is 2.14. The predicted octanol–water partition coefficient (Wildman–Crippen LogP) is 1.96. The molecule has 2 rings (SSSR count). The van der Waals surface area contributed by atoms with Gasteiger partial charge in [-0.15, -0.1) is 0 Å². The zero-order valence-corrected chi connectivity index (χ0v) is 11.3. The monoisotopic (exact) mass is 278 g/mol. The summed E-state index contributed by atoms with van der Waals surface area (Å²) in [6.45, 7) is 2.57. The lowest BCUT2D eigenvalue weighted by atomic mass is 10.3. The van der Waals surface area contributed by atoms with Crippen molar-refractivity contribution >= 4 is 18.2 Å². The fourth-order valence-corrected chi connectivity index (χ4v) is 1.88. The Morgan fingerprint density at radius 1 is 1.53 bits per heavy atom. The van der Waals surface area contributed by atoms with Crippen molar-refractivity contribution in [2.75, 3.05) is 6.61 Å². The molecule has 0 unspecified atom stereocenters. The van der Waals surface area contributed by atoms with E-state index in [1.54, 1.807) is 17.7 Å². The van der Waals surface area contributed by atoms with Gasteiger partial charge in [0.05, 0.1) is 13.0 Å². The number of nitrogens with one attached hydrogen (secondary N) is 1. The first-order valence-electron chi connectivity index (χ1n) is 5.94. The predicted molar refractivity (Wildman–Crippen MR) is 71.9 cm³/mol.